The van der Waals surface area contributed by atoms with Crippen molar-refractivity contribution in [3.8, 4) is 0 Å². The number of carbonyl (C=O) groups is 2. The molecule has 0 radical (unpaired) electrons. The van der Waals surface area contributed by atoms with Crippen LogP contribution in [0.2, 0.25) is 0 Å². The van der Waals surface area contributed by atoms with Gasteiger partial charge in [-0.2, -0.15) is 0 Å². The van der Waals surface area contributed by atoms with Crippen molar-refractivity contribution < 1.29 is 19.1 Å². The Kier molecular flexibility index (Phi) is 4.77. The SMILES string of the molecule is O=C(COC(=O)c1cnc2ccccc2n1)NCC1CCCO1. The van der Waals surface area contributed by atoms with Crippen molar-refractivity contribution >= 4 is 22.9 Å². The Morgan fingerprint density at radius 3 is 2.91 bits per heavy atom. The molecule has 1 amide bonds. The van der Waals surface area contributed by atoms with Crippen LogP contribution in [0.25, 0.3) is 11.0 Å². The van der Waals surface area contributed by atoms with Gasteiger partial charge >= 0.3 is 5.97 Å². The minimum atomic E-state index is -0.671. The molecule has 1 fully saturated rings. The molecule has 1 unspecified atom stereocenters. The van der Waals surface area contributed by atoms with Crippen molar-refractivity contribution in [2.75, 3.05) is 19.8 Å². The number of aromatic nitrogens is 2. The number of esters is 1. The van der Waals surface area contributed by atoms with E-state index in [1.54, 1.807) is 12.1 Å². The van der Waals surface area contributed by atoms with Crippen molar-refractivity contribution in [1.29, 1.82) is 0 Å². The van der Waals surface area contributed by atoms with Gasteiger partial charge in [0.15, 0.2) is 12.3 Å². The Morgan fingerprint density at radius 1 is 1.30 bits per heavy atom. The van der Waals surface area contributed by atoms with Crippen LogP contribution in [-0.4, -0.2) is 47.7 Å². The van der Waals surface area contributed by atoms with Crippen LogP contribution in [0.4, 0.5) is 0 Å². The molecule has 120 valence electrons. The fourth-order valence-electron chi connectivity index (χ4n) is 2.34. The van der Waals surface area contributed by atoms with Crippen LogP contribution in [-0.2, 0) is 14.3 Å². The summed E-state index contributed by atoms with van der Waals surface area (Å²) in [5, 5.41) is 2.68. The number of hydrogen-bond acceptors (Lipinski definition) is 6. The van der Waals surface area contributed by atoms with Gasteiger partial charge in [0.05, 0.1) is 23.3 Å². The number of benzene rings is 1. The Labute approximate surface area is 133 Å². The smallest absolute Gasteiger partial charge is 0.359 e. The van der Waals surface area contributed by atoms with Crippen molar-refractivity contribution in [2.45, 2.75) is 18.9 Å². The van der Waals surface area contributed by atoms with Crippen LogP contribution in [0.15, 0.2) is 30.5 Å². The summed E-state index contributed by atoms with van der Waals surface area (Å²) in [7, 11) is 0. The minimum absolute atomic E-state index is 0.0565. The first-order valence-corrected chi connectivity index (χ1v) is 7.49. The number of fused-ring (bicyclic) bond motifs is 1. The second kappa shape index (κ2) is 7.15. The molecule has 1 aliphatic heterocycles. The zero-order valence-corrected chi connectivity index (χ0v) is 12.5. The first-order chi connectivity index (χ1) is 11.2. The molecule has 0 aliphatic carbocycles. The number of hydrogen-bond donors (Lipinski definition) is 1. The molecule has 2 heterocycles. The number of ether oxygens (including phenoxy) is 2. The zero-order valence-electron chi connectivity index (χ0n) is 12.5. The second-order valence-electron chi connectivity index (χ2n) is 5.26. The molecule has 1 N–H and O–H groups in total. The van der Waals surface area contributed by atoms with Crippen LogP contribution in [0.3, 0.4) is 0 Å². The molecule has 2 aromatic rings. The molecule has 1 saturated heterocycles. The van der Waals surface area contributed by atoms with Crippen molar-refractivity contribution in [2.24, 2.45) is 0 Å². The summed E-state index contributed by atoms with van der Waals surface area (Å²) in [6.45, 7) is 0.822. The molecular weight excluding hydrogens is 298 g/mol. The Hall–Kier alpha value is -2.54. The van der Waals surface area contributed by atoms with Crippen LogP contribution in [0, 0.1) is 0 Å². The maximum absolute atomic E-state index is 11.9. The maximum Gasteiger partial charge on any atom is 0.359 e. The van der Waals surface area contributed by atoms with Gasteiger partial charge in [0.2, 0.25) is 0 Å². The summed E-state index contributed by atoms with van der Waals surface area (Å²) in [4.78, 5) is 31.9. The summed E-state index contributed by atoms with van der Waals surface area (Å²) in [6.07, 6.45) is 3.35. The predicted octanol–water partition coefficient (Wildman–Crippen LogP) is 1.08. The van der Waals surface area contributed by atoms with Gasteiger partial charge in [-0.05, 0) is 25.0 Å². The molecule has 0 bridgehead atoms. The number of para-hydroxylation sites is 2. The molecule has 1 aliphatic rings. The fraction of sp³-hybridized carbons (Fsp3) is 0.375. The lowest BCUT2D eigenvalue weighted by Gasteiger charge is -2.10. The van der Waals surface area contributed by atoms with E-state index < -0.39 is 5.97 Å². The van der Waals surface area contributed by atoms with Crippen LogP contribution < -0.4 is 5.32 Å². The van der Waals surface area contributed by atoms with Gasteiger partial charge in [-0.15, -0.1) is 0 Å². The normalized spacial score (nSPS) is 17.1. The topological polar surface area (TPSA) is 90.4 Å². The Balaban J connectivity index is 1.50. The lowest BCUT2D eigenvalue weighted by atomic mass is 10.2. The first-order valence-electron chi connectivity index (χ1n) is 7.49. The van der Waals surface area contributed by atoms with Crippen LogP contribution in [0.1, 0.15) is 23.3 Å². The average molecular weight is 315 g/mol. The fourth-order valence-corrected chi connectivity index (χ4v) is 2.34. The Bertz CT molecular complexity index is 713. The van der Waals surface area contributed by atoms with Crippen LogP contribution in [0.5, 0.6) is 0 Å². The summed E-state index contributed by atoms with van der Waals surface area (Å²) in [5.41, 5.74) is 1.37. The lowest BCUT2D eigenvalue weighted by Crippen LogP contribution is -2.34. The van der Waals surface area contributed by atoms with Gasteiger partial charge < -0.3 is 14.8 Å². The number of amides is 1. The Morgan fingerprint density at radius 2 is 2.13 bits per heavy atom. The van der Waals surface area contributed by atoms with Gasteiger partial charge in [0, 0.05) is 13.2 Å². The highest BCUT2D eigenvalue weighted by Crippen LogP contribution is 2.11. The zero-order chi connectivity index (χ0) is 16.1. The highest BCUT2D eigenvalue weighted by Gasteiger charge is 2.17. The standard InChI is InChI=1S/C16H17N3O4/c20-15(18-8-11-4-3-7-22-11)10-23-16(21)14-9-17-12-5-1-2-6-13(12)19-14/h1-2,5-6,9,11H,3-4,7-8,10H2,(H,18,20). The van der Waals surface area contributed by atoms with Crippen molar-refractivity contribution in [3.05, 3.63) is 36.2 Å². The van der Waals surface area contributed by atoms with E-state index >= 15 is 0 Å². The molecule has 7 nitrogen and oxygen atoms in total. The third-order valence-electron chi connectivity index (χ3n) is 3.54. The molecule has 1 atom stereocenters. The van der Waals surface area contributed by atoms with Gasteiger partial charge in [0.1, 0.15) is 0 Å². The van der Waals surface area contributed by atoms with Gasteiger partial charge in [0.25, 0.3) is 5.91 Å². The number of carbonyl (C=O) groups excluding carboxylic acids is 2. The molecule has 0 saturated carbocycles. The number of rotatable bonds is 5. The number of nitrogens with zero attached hydrogens (tertiary/aromatic N) is 2. The average Bonchev–Trinajstić information content (AvgIpc) is 3.11. The molecular formula is C16H17N3O4. The lowest BCUT2D eigenvalue weighted by molar-refractivity contribution is -0.124. The van der Waals surface area contributed by atoms with Gasteiger partial charge in [-0.1, -0.05) is 12.1 Å². The summed E-state index contributed by atoms with van der Waals surface area (Å²) < 4.78 is 10.4. The largest absolute Gasteiger partial charge is 0.451 e. The monoisotopic (exact) mass is 315 g/mol. The second-order valence-corrected chi connectivity index (χ2v) is 5.26. The number of nitrogens with one attached hydrogen (secondary N) is 1. The van der Waals surface area contributed by atoms with E-state index in [0.29, 0.717) is 17.6 Å². The summed E-state index contributed by atoms with van der Waals surface area (Å²) in [5.74, 6) is -1.03. The summed E-state index contributed by atoms with van der Waals surface area (Å²) in [6, 6.07) is 7.21. The highest BCUT2D eigenvalue weighted by molar-refractivity contribution is 5.91. The van der Waals surface area contributed by atoms with E-state index in [-0.39, 0.29) is 24.3 Å². The molecule has 23 heavy (non-hydrogen) atoms. The summed E-state index contributed by atoms with van der Waals surface area (Å²) >= 11 is 0. The maximum atomic E-state index is 11.9. The molecule has 1 aromatic carbocycles. The quantitative estimate of drug-likeness (QED) is 0.830. The van der Waals surface area contributed by atoms with Crippen molar-refractivity contribution in [1.82, 2.24) is 15.3 Å². The third-order valence-corrected chi connectivity index (χ3v) is 3.54. The van der Waals surface area contributed by atoms with Crippen molar-refractivity contribution in [3.63, 3.8) is 0 Å². The first kappa shape index (κ1) is 15.4. The third kappa shape index (κ3) is 4.01. The minimum Gasteiger partial charge on any atom is -0.451 e. The molecule has 7 heteroatoms. The molecule has 0 spiro atoms. The van der Waals surface area contributed by atoms with E-state index in [1.165, 1.54) is 6.20 Å². The molecule has 1 aromatic heterocycles. The van der Waals surface area contributed by atoms with E-state index in [2.05, 4.69) is 15.3 Å². The predicted molar refractivity (Wildman–Crippen MR) is 81.8 cm³/mol. The van der Waals surface area contributed by atoms with E-state index in [0.717, 1.165) is 19.4 Å². The highest BCUT2D eigenvalue weighted by atomic mass is 16.5. The van der Waals surface area contributed by atoms with Gasteiger partial charge in [-0.25, -0.2) is 9.78 Å². The van der Waals surface area contributed by atoms with Crippen LogP contribution >= 0.6 is 0 Å². The van der Waals surface area contributed by atoms with Gasteiger partial charge in [-0.3, -0.25) is 9.78 Å². The van der Waals surface area contributed by atoms with E-state index in [9.17, 15) is 9.59 Å². The molecule has 3 rings (SSSR count). The van der Waals surface area contributed by atoms with E-state index in [1.807, 2.05) is 12.1 Å². The van der Waals surface area contributed by atoms with E-state index in [4.69, 9.17) is 9.47 Å².